The zero-order valence-corrected chi connectivity index (χ0v) is 15.8. The molecule has 0 aliphatic heterocycles. The molecule has 0 N–H and O–H groups in total. The molecule has 0 radical (unpaired) electrons. The van der Waals surface area contributed by atoms with E-state index in [2.05, 4.69) is 0 Å². The molecule has 0 aliphatic carbocycles. The van der Waals surface area contributed by atoms with E-state index in [1.165, 1.54) is 24.1 Å². The van der Waals surface area contributed by atoms with Gasteiger partial charge in [0.25, 0.3) is 0 Å². The molecule has 0 aliphatic rings. The minimum absolute atomic E-state index is 0.113. The lowest BCUT2D eigenvalue weighted by molar-refractivity contribution is -0.137. The van der Waals surface area contributed by atoms with Crippen molar-refractivity contribution in [3.63, 3.8) is 0 Å². The first-order chi connectivity index (χ1) is 12.7. The van der Waals surface area contributed by atoms with Crippen LogP contribution in [0.4, 0.5) is 13.2 Å². The molecule has 0 fully saturated rings. The van der Waals surface area contributed by atoms with Gasteiger partial charge in [-0.3, -0.25) is 9.00 Å². The van der Waals surface area contributed by atoms with Gasteiger partial charge in [-0.15, -0.1) is 0 Å². The summed E-state index contributed by atoms with van der Waals surface area (Å²) in [6, 6.07) is 11.9. The molecule has 2 aromatic rings. The SMILES string of the molecule is COc1ccccc1CN(C)C(=O)CS(=O)Cc1cccc(C(F)(F)F)c1. The zero-order valence-electron chi connectivity index (χ0n) is 15.0. The van der Waals surface area contributed by atoms with Crippen LogP contribution < -0.4 is 4.74 Å². The first kappa shape index (κ1) is 21.0. The van der Waals surface area contributed by atoms with Crippen LogP contribution >= 0.6 is 0 Å². The number of nitrogens with zero attached hydrogens (tertiary/aromatic N) is 1. The van der Waals surface area contributed by atoms with E-state index < -0.39 is 22.5 Å². The second-order valence-electron chi connectivity index (χ2n) is 5.99. The Bertz CT molecular complexity index is 824. The van der Waals surface area contributed by atoms with Crippen LogP contribution in [-0.4, -0.2) is 34.9 Å². The van der Waals surface area contributed by atoms with Crippen molar-refractivity contribution in [1.29, 1.82) is 0 Å². The van der Waals surface area contributed by atoms with Gasteiger partial charge >= 0.3 is 6.18 Å². The van der Waals surface area contributed by atoms with E-state index >= 15 is 0 Å². The third-order valence-corrected chi connectivity index (χ3v) is 5.12. The van der Waals surface area contributed by atoms with Crippen LogP contribution in [0.3, 0.4) is 0 Å². The number of alkyl halides is 3. The van der Waals surface area contributed by atoms with Crippen molar-refractivity contribution >= 4 is 16.7 Å². The third-order valence-electron chi connectivity index (χ3n) is 3.89. The summed E-state index contributed by atoms with van der Waals surface area (Å²) in [7, 11) is 1.50. The monoisotopic (exact) mass is 399 g/mol. The van der Waals surface area contributed by atoms with E-state index in [0.717, 1.165) is 17.7 Å². The highest BCUT2D eigenvalue weighted by molar-refractivity contribution is 7.84. The van der Waals surface area contributed by atoms with Crippen molar-refractivity contribution in [2.45, 2.75) is 18.5 Å². The van der Waals surface area contributed by atoms with Gasteiger partial charge in [0.2, 0.25) is 5.91 Å². The third kappa shape index (κ3) is 6.09. The molecule has 4 nitrogen and oxygen atoms in total. The molecule has 1 unspecified atom stereocenters. The summed E-state index contributed by atoms with van der Waals surface area (Å²) in [6.45, 7) is 0.281. The maximum Gasteiger partial charge on any atom is 0.416 e. The summed E-state index contributed by atoms with van der Waals surface area (Å²) in [5.41, 5.74) is 0.291. The molecule has 2 rings (SSSR count). The van der Waals surface area contributed by atoms with Crippen molar-refractivity contribution in [3.05, 3.63) is 65.2 Å². The van der Waals surface area contributed by atoms with Crippen molar-refractivity contribution in [1.82, 2.24) is 4.90 Å². The molecular weight excluding hydrogens is 379 g/mol. The summed E-state index contributed by atoms with van der Waals surface area (Å²) >= 11 is 0. The van der Waals surface area contributed by atoms with E-state index in [4.69, 9.17) is 4.74 Å². The maximum atomic E-state index is 12.7. The van der Waals surface area contributed by atoms with Gasteiger partial charge in [-0.2, -0.15) is 13.2 Å². The Morgan fingerprint density at radius 2 is 1.85 bits per heavy atom. The molecule has 0 saturated carbocycles. The fourth-order valence-electron chi connectivity index (χ4n) is 2.50. The average Bonchev–Trinajstić information content (AvgIpc) is 2.61. The fourth-order valence-corrected chi connectivity index (χ4v) is 3.65. The summed E-state index contributed by atoms with van der Waals surface area (Å²) in [5, 5.41) is 0. The number of hydrogen-bond acceptors (Lipinski definition) is 3. The Kier molecular flexibility index (Phi) is 7.01. The summed E-state index contributed by atoms with van der Waals surface area (Å²) < 4.78 is 55.7. The highest BCUT2D eigenvalue weighted by Crippen LogP contribution is 2.29. The molecule has 0 bridgehead atoms. The number of amides is 1. The Morgan fingerprint density at radius 3 is 2.52 bits per heavy atom. The first-order valence-electron chi connectivity index (χ1n) is 8.07. The summed E-state index contributed by atoms with van der Waals surface area (Å²) in [6.07, 6.45) is -4.46. The second kappa shape index (κ2) is 9.03. The van der Waals surface area contributed by atoms with Crippen LogP contribution in [0.25, 0.3) is 0 Å². The minimum Gasteiger partial charge on any atom is -0.496 e. The first-order valence-corrected chi connectivity index (χ1v) is 9.56. The number of para-hydroxylation sites is 1. The van der Waals surface area contributed by atoms with E-state index in [-0.39, 0.29) is 29.5 Å². The number of carbonyl (C=O) groups is 1. The normalized spacial score (nSPS) is 12.5. The standard InChI is InChI=1S/C19H20F3NO3S/c1-23(11-15-7-3-4-9-17(15)26-2)18(24)13-27(25)12-14-6-5-8-16(10-14)19(20,21)22/h3-10H,11-13H2,1-2H3. The van der Waals surface area contributed by atoms with E-state index in [0.29, 0.717) is 5.75 Å². The number of halogens is 3. The highest BCUT2D eigenvalue weighted by atomic mass is 32.2. The van der Waals surface area contributed by atoms with Crippen LogP contribution in [0.5, 0.6) is 5.75 Å². The molecule has 8 heteroatoms. The van der Waals surface area contributed by atoms with Gasteiger partial charge in [0.1, 0.15) is 11.5 Å². The maximum absolute atomic E-state index is 12.7. The van der Waals surface area contributed by atoms with E-state index in [1.54, 1.807) is 13.1 Å². The van der Waals surface area contributed by atoms with Crippen LogP contribution in [0.15, 0.2) is 48.5 Å². The largest absolute Gasteiger partial charge is 0.496 e. The number of methoxy groups -OCH3 is 1. The lowest BCUT2D eigenvalue weighted by Crippen LogP contribution is -2.30. The van der Waals surface area contributed by atoms with Gasteiger partial charge in [-0.1, -0.05) is 36.4 Å². The molecule has 0 saturated heterocycles. The van der Waals surface area contributed by atoms with Crippen molar-refractivity contribution in [3.8, 4) is 5.75 Å². The van der Waals surface area contributed by atoms with Gasteiger partial charge < -0.3 is 9.64 Å². The van der Waals surface area contributed by atoms with Gasteiger partial charge in [-0.05, 0) is 17.7 Å². The lowest BCUT2D eigenvalue weighted by Gasteiger charge is -2.18. The Balaban J connectivity index is 1.96. The molecule has 1 atom stereocenters. The van der Waals surface area contributed by atoms with E-state index in [9.17, 15) is 22.2 Å². The van der Waals surface area contributed by atoms with Crippen LogP contribution in [-0.2, 0) is 34.1 Å². The summed E-state index contributed by atoms with van der Waals surface area (Å²) in [5.74, 6) is -0.0893. The van der Waals surface area contributed by atoms with E-state index in [1.807, 2.05) is 18.2 Å². The van der Waals surface area contributed by atoms with Gasteiger partial charge in [0.05, 0.1) is 12.7 Å². The quantitative estimate of drug-likeness (QED) is 0.715. The van der Waals surface area contributed by atoms with Crippen LogP contribution in [0, 0.1) is 0 Å². The molecule has 1 amide bonds. The second-order valence-corrected chi connectivity index (χ2v) is 7.45. The molecule has 146 valence electrons. The van der Waals surface area contributed by atoms with Crippen molar-refractivity contribution < 1.29 is 26.9 Å². The number of benzene rings is 2. The number of carbonyl (C=O) groups excluding carboxylic acids is 1. The Morgan fingerprint density at radius 1 is 1.15 bits per heavy atom. The topological polar surface area (TPSA) is 46.6 Å². The molecule has 0 heterocycles. The molecule has 27 heavy (non-hydrogen) atoms. The highest BCUT2D eigenvalue weighted by Gasteiger charge is 2.30. The smallest absolute Gasteiger partial charge is 0.416 e. The Hall–Kier alpha value is -2.35. The predicted octanol–water partition coefficient (Wildman–Crippen LogP) is 3.62. The molecule has 0 spiro atoms. The predicted molar refractivity (Wildman–Crippen MR) is 97.6 cm³/mol. The van der Waals surface area contributed by atoms with Crippen LogP contribution in [0.2, 0.25) is 0 Å². The van der Waals surface area contributed by atoms with Gasteiger partial charge in [-0.25, -0.2) is 0 Å². The van der Waals surface area contributed by atoms with Crippen LogP contribution in [0.1, 0.15) is 16.7 Å². The van der Waals surface area contributed by atoms with Crippen molar-refractivity contribution in [2.24, 2.45) is 0 Å². The minimum atomic E-state index is -4.46. The number of rotatable bonds is 7. The van der Waals surface area contributed by atoms with Crippen molar-refractivity contribution in [2.75, 3.05) is 19.9 Å². The average molecular weight is 399 g/mol. The summed E-state index contributed by atoms with van der Waals surface area (Å²) in [4.78, 5) is 13.7. The number of ether oxygens (including phenoxy) is 1. The zero-order chi connectivity index (χ0) is 20.0. The number of hydrogen-bond donors (Lipinski definition) is 0. The molecule has 2 aromatic carbocycles. The van der Waals surface area contributed by atoms with Gasteiger partial charge in [0, 0.05) is 35.7 Å². The van der Waals surface area contributed by atoms with Gasteiger partial charge in [0.15, 0.2) is 0 Å². The Labute approximate surface area is 158 Å². The lowest BCUT2D eigenvalue weighted by atomic mass is 10.1. The molecule has 0 aromatic heterocycles. The fraction of sp³-hybridized carbons (Fsp3) is 0.316. The molecular formula is C19H20F3NO3S.